The van der Waals surface area contributed by atoms with Crippen molar-refractivity contribution in [1.29, 1.82) is 0 Å². The van der Waals surface area contributed by atoms with Crippen molar-refractivity contribution < 1.29 is 18.5 Å². The van der Waals surface area contributed by atoms with E-state index in [2.05, 4.69) is 10.3 Å². The number of methoxy groups -OCH3 is 1. The summed E-state index contributed by atoms with van der Waals surface area (Å²) < 4.78 is 23.7. The molecule has 6 nitrogen and oxygen atoms in total. The van der Waals surface area contributed by atoms with Gasteiger partial charge in [-0.25, -0.2) is 4.98 Å². The lowest BCUT2D eigenvalue weighted by Gasteiger charge is -2.27. The molecular weight excluding hydrogens is 432 g/mol. The Hall–Kier alpha value is -2.71. The van der Waals surface area contributed by atoms with Gasteiger partial charge in [0, 0.05) is 33.7 Å². The molecule has 1 aliphatic rings. The largest absolute Gasteiger partial charge is 0.497 e. The van der Waals surface area contributed by atoms with E-state index in [1.807, 2.05) is 53.9 Å². The average Bonchev–Trinajstić information content (AvgIpc) is 3.27. The van der Waals surface area contributed by atoms with Crippen LogP contribution in [0, 0.1) is 0 Å². The molecule has 1 amide bonds. The van der Waals surface area contributed by atoms with E-state index in [0.29, 0.717) is 13.0 Å². The van der Waals surface area contributed by atoms with E-state index in [1.54, 1.807) is 14.0 Å². The Labute approximate surface area is 188 Å². The monoisotopic (exact) mass is 456 g/mol. The van der Waals surface area contributed by atoms with E-state index in [4.69, 9.17) is 9.47 Å². The zero-order valence-electron chi connectivity index (χ0n) is 17.4. The van der Waals surface area contributed by atoms with Gasteiger partial charge in [0.1, 0.15) is 21.8 Å². The van der Waals surface area contributed by atoms with Gasteiger partial charge < -0.3 is 14.8 Å². The lowest BCUT2D eigenvalue weighted by molar-refractivity contribution is -0.121. The lowest BCUT2D eigenvalue weighted by atomic mass is 10.0. The second kappa shape index (κ2) is 9.62. The summed E-state index contributed by atoms with van der Waals surface area (Å²) in [6, 6.07) is 15.2. The molecule has 3 unspecified atom stereocenters. The fourth-order valence-electron chi connectivity index (χ4n) is 3.41. The van der Waals surface area contributed by atoms with E-state index >= 15 is 0 Å². The van der Waals surface area contributed by atoms with Gasteiger partial charge in [-0.1, -0.05) is 18.2 Å². The van der Waals surface area contributed by atoms with E-state index in [1.165, 1.54) is 11.3 Å². The summed E-state index contributed by atoms with van der Waals surface area (Å²) in [5.41, 5.74) is 2.67. The predicted octanol–water partition coefficient (Wildman–Crippen LogP) is 4.10. The van der Waals surface area contributed by atoms with Crippen molar-refractivity contribution in [2.75, 3.05) is 13.7 Å². The molecule has 0 saturated carbocycles. The Morgan fingerprint density at radius 1 is 1.29 bits per heavy atom. The average molecular weight is 457 g/mol. The standard InChI is InChI=1S/C23H24N2O4S2/c1-15(22(26)25-20-11-12-29-21-6-4-3-5-19(20)21)31(27)14-17-13-30-23(24-17)16-7-9-18(28-2)10-8-16/h3-10,13,15,20H,11-12,14H2,1-2H3,(H,25,26). The third-order valence-corrected chi connectivity index (χ3v) is 7.74. The summed E-state index contributed by atoms with van der Waals surface area (Å²) in [5, 5.41) is 5.16. The molecule has 162 valence electrons. The van der Waals surface area contributed by atoms with Crippen molar-refractivity contribution in [3.05, 3.63) is 65.2 Å². The van der Waals surface area contributed by atoms with Crippen LogP contribution in [0.3, 0.4) is 0 Å². The summed E-state index contributed by atoms with van der Waals surface area (Å²) in [6.07, 6.45) is 0.694. The summed E-state index contributed by atoms with van der Waals surface area (Å²) in [4.78, 5) is 17.4. The number of carbonyl (C=O) groups excluding carboxylic acids is 1. The van der Waals surface area contributed by atoms with Crippen LogP contribution < -0.4 is 14.8 Å². The van der Waals surface area contributed by atoms with Crippen LogP contribution in [0.15, 0.2) is 53.9 Å². The first kappa shape index (κ1) is 21.5. The minimum Gasteiger partial charge on any atom is -0.497 e. The van der Waals surface area contributed by atoms with Crippen molar-refractivity contribution >= 4 is 28.0 Å². The fraction of sp³-hybridized carbons (Fsp3) is 0.304. The zero-order valence-corrected chi connectivity index (χ0v) is 19.0. The van der Waals surface area contributed by atoms with Crippen molar-refractivity contribution in [2.24, 2.45) is 0 Å². The number of thiazole rings is 1. The van der Waals surface area contributed by atoms with Crippen molar-refractivity contribution in [3.8, 4) is 22.1 Å². The van der Waals surface area contributed by atoms with E-state index < -0.39 is 16.0 Å². The highest BCUT2D eigenvalue weighted by atomic mass is 32.2. The third kappa shape index (κ3) is 4.97. The molecule has 3 atom stereocenters. The van der Waals surface area contributed by atoms with Crippen LogP contribution in [0.2, 0.25) is 0 Å². The maximum Gasteiger partial charge on any atom is 0.235 e. The highest BCUT2D eigenvalue weighted by Crippen LogP contribution is 2.32. The molecule has 8 heteroatoms. The maximum absolute atomic E-state index is 12.8. The lowest BCUT2D eigenvalue weighted by Crippen LogP contribution is -2.39. The van der Waals surface area contributed by atoms with Crippen molar-refractivity contribution in [1.82, 2.24) is 10.3 Å². The van der Waals surface area contributed by atoms with Crippen molar-refractivity contribution in [3.63, 3.8) is 0 Å². The number of hydrogen-bond acceptors (Lipinski definition) is 6. The Balaban J connectivity index is 1.37. The molecule has 2 aromatic carbocycles. The Bertz CT molecular complexity index is 1080. The first-order valence-electron chi connectivity index (χ1n) is 10.0. The van der Waals surface area contributed by atoms with Crippen LogP contribution in [-0.4, -0.2) is 34.1 Å². The van der Waals surface area contributed by atoms with Gasteiger partial charge in [0.15, 0.2) is 0 Å². The Morgan fingerprint density at radius 2 is 2.06 bits per heavy atom. The molecule has 1 aromatic heterocycles. The first-order valence-corrected chi connectivity index (χ1v) is 12.3. The predicted molar refractivity (Wildman–Crippen MR) is 123 cm³/mol. The third-order valence-electron chi connectivity index (χ3n) is 5.22. The number of ether oxygens (including phenoxy) is 2. The summed E-state index contributed by atoms with van der Waals surface area (Å²) >= 11 is 1.50. The van der Waals surface area contributed by atoms with Gasteiger partial charge in [0.05, 0.1) is 31.2 Å². The summed E-state index contributed by atoms with van der Waals surface area (Å²) in [7, 11) is 0.254. The molecular formula is C23H24N2O4S2. The number of nitrogens with zero attached hydrogens (tertiary/aromatic N) is 1. The molecule has 3 aromatic rings. The number of fused-ring (bicyclic) bond motifs is 1. The van der Waals surface area contributed by atoms with Crippen LogP contribution in [0.4, 0.5) is 0 Å². The van der Waals surface area contributed by atoms with Gasteiger partial charge in [-0.2, -0.15) is 0 Å². The van der Waals surface area contributed by atoms with Gasteiger partial charge >= 0.3 is 0 Å². The first-order chi connectivity index (χ1) is 15.0. The van der Waals surface area contributed by atoms with Gasteiger partial charge in [-0.05, 0) is 37.3 Å². The minimum atomic E-state index is -1.38. The van der Waals surface area contributed by atoms with Gasteiger partial charge in [0.2, 0.25) is 5.91 Å². The molecule has 4 rings (SSSR count). The van der Waals surface area contributed by atoms with Gasteiger partial charge in [0.25, 0.3) is 0 Å². The number of amides is 1. The number of hydrogen-bond donors (Lipinski definition) is 1. The van der Waals surface area contributed by atoms with Crippen LogP contribution in [0.5, 0.6) is 11.5 Å². The SMILES string of the molecule is COc1ccc(-c2nc(CS(=O)C(C)C(=O)NC3CCOc4ccccc43)cs2)cc1. The molecule has 0 saturated heterocycles. The minimum absolute atomic E-state index is 0.127. The number of para-hydroxylation sites is 1. The molecule has 1 N–H and O–H groups in total. The fourth-order valence-corrected chi connectivity index (χ4v) is 5.34. The van der Waals surface area contributed by atoms with Gasteiger partial charge in [-0.3, -0.25) is 9.00 Å². The summed E-state index contributed by atoms with van der Waals surface area (Å²) in [6.45, 7) is 2.25. The van der Waals surface area contributed by atoms with Crippen LogP contribution in [0.25, 0.3) is 10.6 Å². The number of aromatic nitrogens is 1. The number of rotatable bonds is 7. The Kier molecular flexibility index (Phi) is 6.67. The number of nitrogens with one attached hydrogen (secondary N) is 1. The molecule has 31 heavy (non-hydrogen) atoms. The molecule has 1 aliphatic heterocycles. The molecule has 0 radical (unpaired) electrons. The number of benzene rings is 2. The smallest absolute Gasteiger partial charge is 0.235 e. The maximum atomic E-state index is 12.8. The molecule has 0 aliphatic carbocycles. The second-order valence-corrected chi connectivity index (χ2v) is 9.89. The van der Waals surface area contributed by atoms with Crippen LogP contribution in [0.1, 0.15) is 30.6 Å². The molecule has 2 heterocycles. The van der Waals surface area contributed by atoms with Crippen molar-refractivity contribution in [2.45, 2.75) is 30.4 Å². The van der Waals surface area contributed by atoms with Crippen LogP contribution >= 0.6 is 11.3 Å². The normalized spacial score (nSPS) is 17.2. The van der Waals surface area contributed by atoms with E-state index in [-0.39, 0.29) is 17.7 Å². The molecule has 0 bridgehead atoms. The van der Waals surface area contributed by atoms with E-state index in [9.17, 15) is 9.00 Å². The summed E-state index contributed by atoms with van der Waals surface area (Å²) in [5.74, 6) is 1.60. The zero-order chi connectivity index (χ0) is 21.8. The molecule has 0 fully saturated rings. The van der Waals surface area contributed by atoms with E-state index in [0.717, 1.165) is 33.3 Å². The second-order valence-electron chi connectivity index (χ2n) is 7.28. The quantitative estimate of drug-likeness (QED) is 0.579. The topological polar surface area (TPSA) is 77.5 Å². The highest BCUT2D eigenvalue weighted by molar-refractivity contribution is 7.85. The molecule has 0 spiro atoms. The Morgan fingerprint density at radius 3 is 2.84 bits per heavy atom. The number of carbonyl (C=O) groups is 1. The van der Waals surface area contributed by atoms with Gasteiger partial charge in [-0.15, -0.1) is 11.3 Å². The highest BCUT2D eigenvalue weighted by Gasteiger charge is 2.27. The van der Waals surface area contributed by atoms with Crippen LogP contribution in [-0.2, 0) is 21.3 Å².